The molecular formula is C10H7F3N2O2. The van der Waals surface area contributed by atoms with E-state index in [1.165, 1.54) is 24.4 Å². The van der Waals surface area contributed by atoms with Gasteiger partial charge in [0.15, 0.2) is 0 Å². The van der Waals surface area contributed by atoms with Gasteiger partial charge in [0, 0.05) is 11.9 Å². The second kappa shape index (κ2) is 4.08. The quantitative estimate of drug-likeness (QED) is 0.823. The number of anilines is 1. The minimum Gasteiger partial charge on any atom is -0.486 e. The van der Waals surface area contributed by atoms with Crippen molar-refractivity contribution in [2.45, 2.75) is 6.18 Å². The van der Waals surface area contributed by atoms with Crippen molar-refractivity contribution in [3.63, 3.8) is 0 Å². The SMILES string of the molecule is O=C(Nc1ccc2c(c1)N=CCO2)C(F)(F)F. The monoisotopic (exact) mass is 244 g/mol. The maximum absolute atomic E-state index is 12.0. The van der Waals surface area contributed by atoms with E-state index in [0.717, 1.165) is 0 Å². The molecule has 0 fully saturated rings. The van der Waals surface area contributed by atoms with E-state index in [4.69, 9.17) is 4.74 Å². The van der Waals surface area contributed by atoms with E-state index in [0.29, 0.717) is 18.0 Å². The zero-order valence-corrected chi connectivity index (χ0v) is 8.41. The number of halogens is 3. The second-order valence-corrected chi connectivity index (χ2v) is 3.26. The smallest absolute Gasteiger partial charge is 0.471 e. The molecule has 0 unspecified atom stereocenters. The molecule has 0 saturated carbocycles. The number of nitrogens with one attached hydrogen (secondary N) is 1. The number of carbonyl (C=O) groups excluding carboxylic acids is 1. The van der Waals surface area contributed by atoms with Crippen molar-refractivity contribution in [2.24, 2.45) is 4.99 Å². The van der Waals surface area contributed by atoms with Crippen molar-refractivity contribution in [2.75, 3.05) is 11.9 Å². The number of hydrogen-bond donors (Lipinski definition) is 1. The number of benzene rings is 1. The number of rotatable bonds is 1. The van der Waals surface area contributed by atoms with Crippen LogP contribution in [0.3, 0.4) is 0 Å². The molecule has 17 heavy (non-hydrogen) atoms. The number of aliphatic imine (C=N–C) groups is 1. The van der Waals surface area contributed by atoms with Crippen LogP contribution in [0.5, 0.6) is 5.75 Å². The average Bonchev–Trinajstić information content (AvgIpc) is 2.27. The molecule has 0 aliphatic carbocycles. The Hall–Kier alpha value is -2.05. The molecule has 0 spiro atoms. The maximum atomic E-state index is 12.0. The van der Waals surface area contributed by atoms with Crippen molar-refractivity contribution in [3.05, 3.63) is 18.2 Å². The molecule has 1 aliphatic rings. The zero-order chi connectivity index (χ0) is 12.5. The van der Waals surface area contributed by atoms with Gasteiger partial charge >= 0.3 is 12.1 Å². The van der Waals surface area contributed by atoms with Gasteiger partial charge in [-0.25, -0.2) is 0 Å². The number of hydrogen-bond acceptors (Lipinski definition) is 3. The Kier molecular flexibility index (Phi) is 2.74. The summed E-state index contributed by atoms with van der Waals surface area (Å²) in [7, 11) is 0. The van der Waals surface area contributed by atoms with Crippen LogP contribution in [0.4, 0.5) is 24.5 Å². The van der Waals surface area contributed by atoms with E-state index < -0.39 is 12.1 Å². The van der Waals surface area contributed by atoms with Crippen LogP contribution < -0.4 is 10.1 Å². The Labute approximate surface area is 94.1 Å². The average molecular weight is 244 g/mol. The highest BCUT2D eigenvalue weighted by molar-refractivity contribution is 5.95. The lowest BCUT2D eigenvalue weighted by Crippen LogP contribution is -2.29. The summed E-state index contributed by atoms with van der Waals surface area (Å²) in [6.07, 6.45) is -3.42. The predicted octanol–water partition coefficient (Wildman–Crippen LogP) is 2.28. The van der Waals surface area contributed by atoms with E-state index >= 15 is 0 Å². The first kappa shape index (κ1) is 11.4. The standard InChI is InChI=1S/C10H7F3N2O2/c11-10(12,13)9(16)15-6-1-2-8-7(5-6)14-3-4-17-8/h1-3,5H,4H2,(H,15,16). The maximum Gasteiger partial charge on any atom is 0.471 e. The number of carbonyl (C=O) groups is 1. The summed E-state index contributed by atoms with van der Waals surface area (Å²) in [5.41, 5.74) is 0.407. The lowest BCUT2D eigenvalue weighted by atomic mass is 10.2. The van der Waals surface area contributed by atoms with Gasteiger partial charge in [0.2, 0.25) is 0 Å². The molecule has 0 radical (unpaired) electrons. The van der Waals surface area contributed by atoms with Crippen molar-refractivity contribution in [1.82, 2.24) is 0 Å². The molecule has 0 atom stereocenters. The first-order valence-electron chi connectivity index (χ1n) is 4.64. The number of amides is 1. The molecule has 7 heteroatoms. The Morgan fingerprint density at radius 3 is 2.88 bits per heavy atom. The molecule has 1 N–H and O–H groups in total. The van der Waals surface area contributed by atoms with Crippen LogP contribution in [-0.4, -0.2) is 24.9 Å². The van der Waals surface area contributed by atoms with E-state index in [1.807, 2.05) is 0 Å². The number of nitrogens with zero attached hydrogens (tertiary/aromatic N) is 1. The van der Waals surface area contributed by atoms with Crippen LogP contribution >= 0.6 is 0 Å². The molecule has 4 nitrogen and oxygen atoms in total. The minimum atomic E-state index is -4.91. The predicted molar refractivity (Wildman–Crippen MR) is 54.8 cm³/mol. The van der Waals surface area contributed by atoms with E-state index in [-0.39, 0.29) is 5.69 Å². The van der Waals surface area contributed by atoms with Crippen LogP contribution in [-0.2, 0) is 4.79 Å². The largest absolute Gasteiger partial charge is 0.486 e. The Morgan fingerprint density at radius 1 is 1.41 bits per heavy atom. The second-order valence-electron chi connectivity index (χ2n) is 3.26. The van der Waals surface area contributed by atoms with Gasteiger partial charge in [-0.3, -0.25) is 9.79 Å². The van der Waals surface area contributed by atoms with Gasteiger partial charge in [0.25, 0.3) is 0 Å². The molecule has 0 saturated heterocycles. The summed E-state index contributed by atoms with van der Waals surface area (Å²) < 4.78 is 41.2. The zero-order valence-electron chi connectivity index (χ0n) is 8.41. The van der Waals surface area contributed by atoms with Gasteiger partial charge in [-0.1, -0.05) is 0 Å². The van der Waals surface area contributed by atoms with E-state index in [9.17, 15) is 18.0 Å². The van der Waals surface area contributed by atoms with Crippen LogP contribution in [0.15, 0.2) is 23.2 Å². The third-order valence-electron chi connectivity index (χ3n) is 2.02. The first-order chi connectivity index (χ1) is 7.97. The summed E-state index contributed by atoms with van der Waals surface area (Å²) >= 11 is 0. The fourth-order valence-electron chi connectivity index (χ4n) is 1.28. The molecule has 0 bridgehead atoms. The lowest BCUT2D eigenvalue weighted by molar-refractivity contribution is -0.167. The van der Waals surface area contributed by atoms with E-state index in [2.05, 4.69) is 4.99 Å². The van der Waals surface area contributed by atoms with Gasteiger partial charge in [0.05, 0.1) is 0 Å². The topological polar surface area (TPSA) is 50.7 Å². The van der Waals surface area contributed by atoms with Crippen molar-refractivity contribution in [1.29, 1.82) is 0 Å². The molecule has 1 amide bonds. The molecule has 90 valence electrons. The third kappa shape index (κ3) is 2.55. The molecule has 2 rings (SSSR count). The highest BCUT2D eigenvalue weighted by Crippen LogP contribution is 2.32. The fourth-order valence-corrected chi connectivity index (χ4v) is 1.28. The summed E-state index contributed by atoms with van der Waals surface area (Å²) in [5, 5.41) is 1.74. The lowest BCUT2D eigenvalue weighted by Gasteiger charge is -2.13. The highest BCUT2D eigenvalue weighted by Gasteiger charge is 2.38. The molecule has 1 aromatic carbocycles. The molecule has 1 aliphatic heterocycles. The van der Waals surface area contributed by atoms with Crippen LogP contribution in [0.1, 0.15) is 0 Å². The molecule has 1 heterocycles. The van der Waals surface area contributed by atoms with Crippen molar-refractivity contribution < 1.29 is 22.7 Å². The van der Waals surface area contributed by atoms with Crippen LogP contribution in [0.25, 0.3) is 0 Å². The Morgan fingerprint density at radius 2 is 2.18 bits per heavy atom. The van der Waals surface area contributed by atoms with Gasteiger partial charge in [0.1, 0.15) is 18.0 Å². The fraction of sp³-hybridized carbons (Fsp3) is 0.200. The first-order valence-corrected chi connectivity index (χ1v) is 4.64. The summed E-state index contributed by atoms with van der Waals surface area (Å²) in [6, 6.07) is 4.09. The van der Waals surface area contributed by atoms with Crippen molar-refractivity contribution in [3.8, 4) is 5.75 Å². The van der Waals surface area contributed by atoms with Gasteiger partial charge in [-0.05, 0) is 18.2 Å². The number of fused-ring (bicyclic) bond motifs is 1. The van der Waals surface area contributed by atoms with Gasteiger partial charge in [-0.15, -0.1) is 0 Å². The summed E-state index contributed by atoms with van der Waals surface area (Å²) in [6.45, 7) is 0.321. The minimum absolute atomic E-state index is 0.0220. The highest BCUT2D eigenvalue weighted by atomic mass is 19.4. The molecule has 1 aromatic rings. The Bertz CT molecular complexity index is 483. The van der Waals surface area contributed by atoms with Crippen molar-refractivity contribution >= 4 is 23.5 Å². The van der Waals surface area contributed by atoms with E-state index in [1.54, 1.807) is 5.32 Å². The third-order valence-corrected chi connectivity index (χ3v) is 2.02. The van der Waals surface area contributed by atoms with Crippen LogP contribution in [0, 0.1) is 0 Å². The van der Waals surface area contributed by atoms with Gasteiger partial charge in [-0.2, -0.15) is 13.2 Å². The summed E-state index contributed by atoms with van der Waals surface area (Å²) in [5.74, 6) is -1.55. The van der Waals surface area contributed by atoms with Crippen LogP contribution in [0.2, 0.25) is 0 Å². The Balaban J connectivity index is 2.19. The number of ether oxygens (including phenoxy) is 1. The van der Waals surface area contributed by atoms with Gasteiger partial charge < -0.3 is 10.1 Å². The molecule has 0 aromatic heterocycles. The normalized spacial score (nSPS) is 13.8. The number of alkyl halides is 3. The summed E-state index contributed by atoms with van der Waals surface area (Å²) in [4.78, 5) is 14.6. The molecular weight excluding hydrogens is 237 g/mol.